The minimum Gasteiger partial charge on any atom is -0.339 e. The summed E-state index contributed by atoms with van der Waals surface area (Å²) in [5, 5.41) is 8.52. The van der Waals surface area contributed by atoms with Gasteiger partial charge in [0.2, 0.25) is 5.91 Å². The smallest absolute Gasteiger partial charge is 0.267 e. The molecular formula is C23H25N3O3. The molecule has 6 nitrogen and oxygen atoms in total. The Morgan fingerprint density at radius 2 is 1.79 bits per heavy atom. The van der Waals surface area contributed by atoms with E-state index in [1.165, 1.54) is 28.8 Å². The Kier molecular flexibility index (Phi) is 6.92. The van der Waals surface area contributed by atoms with E-state index < -0.39 is 5.91 Å². The summed E-state index contributed by atoms with van der Waals surface area (Å²) in [6, 6.07) is 13.9. The van der Waals surface area contributed by atoms with Crippen molar-refractivity contribution in [2.24, 2.45) is 0 Å². The number of benzene rings is 1. The van der Waals surface area contributed by atoms with Crippen molar-refractivity contribution in [2.75, 3.05) is 13.1 Å². The molecule has 0 radical (unpaired) electrons. The maximum Gasteiger partial charge on any atom is 0.267 e. The Bertz CT molecular complexity index is 919. The van der Waals surface area contributed by atoms with Crippen molar-refractivity contribution in [1.29, 1.82) is 0 Å². The van der Waals surface area contributed by atoms with E-state index >= 15 is 0 Å². The average Bonchev–Trinajstić information content (AvgIpc) is 2.76. The molecule has 0 aliphatic carbocycles. The van der Waals surface area contributed by atoms with Gasteiger partial charge >= 0.3 is 0 Å². The van der Waals surface area contributed by atoms with Crippen LogP contribution in [0, 0.1) is 6.92 Å². The SMILES string of the molecule is Cc1ccc(C2CCCN(C(=O)/C=C/c3cccc(/C=C/C(=O)NO)n3)C2)cc1. The van der Waals surface area contributed by atoms with Gasteiger partial charge in [-0.15, -0.1) is 0 Å². The fourth-order valence-electron chi connectivity index (χ4n) is 3.40. The molecule has 0 saturated carbocycles. The predicted molar refractivity (Wildman–Crippen MR) is 112 cm³/mol. The maximum atomic E-state index is 12.7. The van der Waals surface area contributed by atoms with Crippen LogP contribution in [-0.2, 0) is 9.59 Å². The third-order valence-electron chi connectivity index (χ3n) is 4.99. The van der Waals surface area contributed by atoms with Gasteiger partial charge in [0.25, 0.3) is 5.91 Å². The standard InChI is InChI=1S/C23H25N3O3/c1-17-7-9-18(10-8-17)19-4-3-15-26(16-19)23(28)14-12-21-6-2-5-20(24-21)11-13-22(27)25-29/h2,5-14,19,29H,3-4,15-16H2,1H3,(H,25,27)/b13-11+,14-12+. The third-order valence-corrected chi connectivity index (χ3v) is 4.99. The van der Waals surface area contributed by atoms with Crippen LogP contribution in [0.15, 0.2) is 54.6 Å². The Morgan fingerprint density at radius 3 is 2.48 bits per heavy atom. The first-order chi connectivity index (χ1) is 14.0. The Morgan fingerprint density at radius 1 is 1.10 bits per heavy atom. The van der Waals surface area contributed by atoms with Gasteiger partial charge in [-0.3, -0.25) is 14.8 Å². The number of piperidine rings is 1. The molecule has 3 rings (SSSR count). The molecule has 1 aliphatic heterocycles. The number of hydrogen-bond acceptors (Lipinski definition) is 4. The summed E-state index contributed by atoms with van der Waals surface area (Å²) in [6.07, 6.45) is 7.98. The summed E-state index contributed by atoms with van der Waals surface area (Å²) in [6.45, 7) is 3.56. The highest BCUT2D eigenvalue weighted by atomic mass is 16.5. The van der Waals surface area contributed by atoms with Crippen molar-refractivity contribution >= 4 is 24.0 Å². The van der Waals surface area contributed by atoms with Crippen LogP contribution in [0.1, 0.15) is 41.3 Å². The summed E-state index contributed by atoms with van der Waals surface area (Å²) < 4.78 is 0. The number of nitrogens with zero attached hydrogens (tertiary/aromatic N) is 2. The van der Waals surface area contributed by atoms with Gasteiger partial charge in [0.05, 0.1) is 11.4 Å². The first-order valence-corrected chi connectivity index (χ1v) is 9.68. The van der Waals surface area contributed by atoms with E-state index in [2.05, 4.69) is 36.2 Å². The van der Waals surface area contributed by atoms with Crippen molar-refractivity contribution in [3.63, 3.8) is 0 Å². The van der Waals surface area contributed by atoms with Crippen molar-refractivity contribution in [2.45, 2.75) is 25.7 Å². The topological polar surface area (TPSA) is 82.5 Å². The van der Waals surface area contributed by atoms with Crippen LogP contribution in [0.25, 0.3) is 12.2 Å². The molecule has 2 aromatic rings. The number of carbonyl (C=O) groups excluding carboxylic acids is 2. The van der Waals surface area contributed by atoms with Crippen molar-refractivity contribution in [3.05, 3.63) is 77.1 Å². The molecule has 1 atom stereocenters. The second kappa shape index (κ2) is 9.80. The normalized spacial score (nSPS) is 17.0. The van der Waals surface area contributed by atoms with Crippen LogP contribution in [0.3, 0.4) is 0 Å². The molecule has 2 amide bonds. The van der Waals surface area contributed by atoms with Crippen molar-refractivity contribution in [3.8, 4) is 0 Å². The zero-order valence-corrected chi connectivity index (χ0v) is 16.4. The quantitative estimate of drug-likeness (QED) is 0.465. The summed E-state index contributed by atoms with van der Waals surface area (Å²) >= 11 is 0. The molecule has 6 heteroatoms. The average molecular weight is 391 g/mol. The first kappa shape index (κ1) is 20.5. The van der Waals surface area contributed by atoms with Crippen LogP contribution in [0.5, 0.6) is 0 Å². The Balaban J connectivity index is 1.63. The monoisotopic (exact) mass is 391 g/mol. The predicted octanol–water partition coefficient (Wildman–Crippen LogP) is 3.33. The molecule has 150 valence electrons. The Hall–Kier alpha value is -3.25. The van der Waals surface area contributed by atoms with E-state index in [0.717, 1.165) is 25.9 Å². The van der Waals surface area contributed by atoms with E-state index in [-0.39, 0.29) is 5.91 Å². The van der Waals surface area contributed by atoms with Crippen LogP contribution >= 0.6 is 0 Å². The molecule has 2 heterocycles. The zero-order chi connectivity index (χ0) is 20.6. The molecule has 29 heavy (non-hydrogen) atoms. The number of rotatable bonds is 5. The van der Waals surface area contributed by atoms with Gasteiger partial charge in [-0.25, -0.2) is 10.5 Å². The number of amides is 2. The van der Waals surface area contributed by atoms with E-state index in [1.54, 1.807) is 30.4 Å². The molecule has 1 unspecified atom stereocenters. The van der Waals surface area contributed by atoms with Crippen LogP contribution in [-0.4, -0.2) is 40.0 Å². The van der Waals surface area contributed by atoms with Crippen LogP contribution in [0.2, 0.25) is 0 Å². The lowest BCUT2D eigenvalue weighted by Crippen LogP contribution is -2.38. The highest BCUT2D eigenvalue weighted by Crippen LogP contribution is 2.27. The number of aryl methyl sites for hydroxylation is 1. The summed E-state index contributed by atoms with van der Waals surface area (Å²) in [5.41, 5.74) is 5.23. The van der Waals surface area contributed by atoms with Gasteiger partial charge in [-0.2, -0.15) is 0 Å². The van der Waals surface area contributed by atoms with Gasteiger partial charge in [0.15, 0.2) is 0 Å². The lowest BCUT2D eigenvalue weighted by Gasteiger charge is -2.32. The molecular weight excluding hydrogens is 366 g/mol. The van der Waals surface area contributed by atoms with Gasteiger partial charge in [-0.05, 0) is 49.6 Å². The number of likely N-dealkylation sites (tertiary alicyclic amines) is 1. The Labute approximate surface area is 170 Å². The molecule has 1 aromatic heterocycles. The highest BCUT2D eigenvalue weighted by molar-refractivity contribution is 5.92. The number of nitrogens with one attached hydrogen (secondary N) is 1. The summed E-state index contributed by atoms with van der Waals surface area (Å²) in [7, 11) is 0. The fraction of sp³-hybridized carbons (Fsp3) is 0.261. The highest BCUT2D eigenvalue weighted by Gasteiger charge is 2.23. The third kappa shape index (κ3) is 5.86. The van der Waals surface area contributed by atoms with Gasteiger partial charge in [0.1, 0.15) is 0 Å². The lowest BCUT2D eigenvalue weighted by atomic mass is 9.90. The second-order valence-electron chi connectivity index (χ2n) is 7.16. The molecule has 1 aliphatic rings. The van der Waals surface area contributed by atoms with Gasteiger partial charge in [0, 0.05) is 31.2 Å². The van der Waals surface area contributed by atoms with Crippen molar-refractivity contribution in [1.82, 2.24) is 15.4 Å². The van der Waals surface area contributed by atoms with E-state index in [0.29, 0.717) is 17.3 Å². The lowest BCUT2D eigenvalue weighted by molar-refractivity contribution is -0.127. The maximum absolute atomic E-state index is 12.7. The molecule has 2 N–H and O–H groups in total. The molecule has 0 bridgehead atoms. The minimum absolute atomic E-state index is 0.0239. The summed E-state index contributed by atoms with van der Waals surface area (Å²) in [4.78, 5) is 30.0. The van der Waals surface area contributed by atoms with E-state index in [4.69, 9.17) is 5.21 Å². The number of hydrogen-bond donors (Lipinski definition) is 2. The number of pyridine rings is 1. The summed E-state index contributed by atoms with van der Waals surface area (Å²) in [5.74, 6) is -0.286. The molecule has 0 spiro atoms. The molecule has 1 saturated heterocycles. The van der Waals surface area contributed by atoms with Gasteiger partial charge in [-0.1, -0.05) is 35.9 Å². The first-order valence-electron chi connectivity index (χ1n) is 9.68. The van der Waals surface area contributed by atoms with Crippen LogP contribution in [0.4, 0.5) is 0 Å². The van der Waals surface area contributed by atoms with E-state index in [9.17, 15) is 9.59 Å². The molecule has 1 aromatic carbocycles. The second-order valence-corrected chi connectivity index (χ2v) is 7.16. The van der Waals surface area contributed by atoms with E-state index in [1.807, 2.05) is 4.90 Å². The number of aromatic nitrogens is 1. The number of carbonyl (C=O) groups is 2. The number of hydroxylamine groups is 1. The minimum atomic E-state index is -0.629. The van der Waals surface area contributed by atoms with Gasteiger partial charge < -0.3 is 4.90 Å². The zero-order valence-electron chi connectivity index (χ0n) is 16.4. The van der Waals surface area contributed by atoms with Crippen molar-refractivity contribution < 1.29 is 14.8 Å². The fourth-order valence-corrected chi connectivity index (χ4v) is 3.40. The largest absolute Gasteiger partial charge is 0.339 e. The van der Waals surface area contributed by atoms with Crippen LogP contribution < -0.4 is 5.48 Å². The molecule has 1 fully saturated rings.